The van der Waals surface area contributed by atoms with E-state index in [9.17, 15) is 9.90 Å². The van der Waals surface area contributed by atoms with Crippen LogP contribution in [-0.2, 0) is 4.74 Å². The molecule has 0 aliphatic carbocycles. The topological polar surface area (TPSA) is 67.8 Å². The summed E-state index contributed by atoms with van der Waals surface area (Å²) in [4.78, 5) is 11.9. The highest BCUT2D eigenvalue weighted by atomic mass is 16.5. The zero-order valence-electron chi connectivity index (χ0n) is 16.9. The standard InChI is InChI=1S/C22H29NO4/c1-13(2)12-26-22(25)23-17-9-15(5)21(16(6)10-17)27-18-7-8-20(24)19(11-18)14(3)4/h7-11,13-14,24H,12H2,1-6H3,(H,23,25). The molecule has 0 aliphatic rings. The van der Waals surface area contributed by atoms with E-state index in [2.05, 4.69) is 5.32 Å². The number of amides is 1. The SMILES string of the molecule is Cc1cc(NC(=O)OCC(C)C)cc(C)c1Oc1ccc(O)c(C(C)C)c1. The first-order valence-electron chi connectivity index (χ1n) is 9.23. The van der Waals surface area contributed by atoms with Crippen LogP contribution in [0.5, 0.6) is 17.2 Å². The van der Waals surface area contributed by atoms with Crippen molar-refractivity contribution in [2.24, 2.45) is 5.92 Å². The van der Waals surface area contributed by atoms with E-state index < -0.39 is 6.09 Å². The molecule has 146 valence electrons. The van der Waals surface area contributed by atoms with Crippen LogP contribution in [0.25, 0.3) is 0 Å². The molecule has 0 heterocycles. The van der Waals surface area contributed by atoms with Gasteiger partial charge in [0.2, 0.25) is 0 Å². The van der Waals surface area contributed by atoms with Crippen LogP contribution < -0.4 is 10.1 Å². The fourth-order valence-corrected chi connectivity index (χ4v) is 2.76. The molecule has 0 radical (unpaired) electrons. The van der Waals surface area contributed by atoms with Gasteiger partial charge in [0.15, 0.2) is 0 Å². The number of hydrogen-bond donors (Lipinski definition) is 2. The predicted molar refractivity (Wildman–Crippen MR) is 108 cm³/mol. The summed E-state index contributed by atoms with van der Waals surface area (Å²) in [7, 11) is 0. The number of hydrogen-bond acceptors (Lipinski definition) is 4. The monoisotopic (exact) mass is 371 g/mol. The number of rotatable bonds is 6. The zero-order chi connectivity index (χ0) is 20.1. The molecule has 5 nitrogen and oxygen atoms in total. The minimum absolute atomic E-state index is 0.194. The first kappa shape index (κ1) is 20.6. The normalized spacial score (nSPS) is 11.0. The summed E-state index contributed by atoms with van der Waals surface area (Å²) >= 11 is 0. The molecule has 0 aliphatic heterocycles. The van der Waals surface area contributed by atoms with Crippen LogP contribution in [0, 0.1) is 19.8 Å². The van der Waals surface area contributed by atoms with E-state index in [0.717, 1.165) is 22.4 Å². The molecule has 0 bridgehead atoms. The summed E-state index contributed by atoms with van der Waals surface area (Å²) in [6, 6.07) is 8.95. The van der Waals surface area contributed by atoms with Crippen LogP contribution in [0.2, 0.25) is 0 Å². The van der Waals surface area contributed by atoms with Crippen molar-refractivity contribution in [3.8, 4) is 17.2 Å². The molecule has 5 heteroatoms. The largest absolute Gasteiger partial charge is 0.508 e. The fraction of sp³-hybridized carbons (Fsp3) is 0.409. The molecule has 0 spiro atoms. The molecule has 0 aromatic heterocycles. The average molecular weight is 371 g/mol. The Kier molecular flexibility index (Phi) is 6.72. The minimum atomic E-state index is -0.462. The summed E-state index contributed by atoms with van der Waals surface area (Å²) in [5, 5.41) is 12.7. The highest BCUT2D eigenvalue weighted by Gasteiger charge is 2.13. The molecule has 27 heavy (non-hydrogen) atoms. The lowest BCUT2D eigenvalue weighted by molar-refractivity contribution is 0.147. The average Bonchev–Trinajstić information content (AvgIpc) is 2.57. The van der Waals surface area contributed by atoms with Crippen molar-refractivity contribution in [1.29, 1.82) is 0 Å². The van der Waals surface area contributed by atoms with Crippen molar-refractivity contribution in [2.75, 3.05) is 11.9 Å². The molecular formula is C22H29NO4. The number of anilines is 1. The number of ether oxygens (including phenoxy) is 2. The predicted octanol–water partition coefficient (Wildman–Crippen LogP) is 6.13. The van der Waals surface area contributed by atoms with Crippen molar-refractivity contribution in [2.45, 2.75) is 47.5 Å². The van der Waals surface area contributed by atoms with Crippen molar-refractivity contribution >= 4 is 11.8 Å². The first-order valence-corrected chi connectivity index (χ1v) is 9.23. The van der Waals surface area contributed by atoms with Gasteiger partial charge < -0.3 is 14.6 Å². The summed E-state index contributed by atoms with van der Waals surface area (Å²) < 4.78 is 11.2. The summed E-state index contributed by atoms with van der Waals surface area (Å²) in [6.07, 6.45) is -0.462. The third-order valence-electron chi connectivity index (χ3n) is 4.10. The Labute approximate surface area is 161 Å². The van der Waals surface area contributed by atoms with E-state index in [4.69, 9.17) is 9.47 Å². The lowest BCUT2D eigenvalue weighted by Crippen LogP contribution is -2.16. The van der Waals surface area contributed by atoms with E-state index >= 15 is 0 Å². The molecule has 0 saturated carbocycles. The Hall–Kier alpha value is -2.69. The van der Waals surface area contributed by atoms with Crippen molar-refractivity contribution in [3.63, 3.8) is 0 Å². The molecule has 0 fully saturated rings. The van der Waals surface area contributed by atoms with Crippen molar-refractivity contribution in [3.05, 3.63) is 47.0 Å². The van der Waals surface area contributed by atoms with Crippen molar-refractivity contribution in [1.82, 2.24) is 0 Å². The van der Waals surface area contributed by atoms with Crippen LogP contribution in [0.4, 0.5) is 10.5 Å². The lowest BCUT2D eigenvalue weighted by Gasteiger charge is -2.16. The molecule has 2 N–H and O–H groups in total. The Morgan fingerprint density at radius 1 is 1.07 bits per heavy atom. The number of aromatic hydroxyl groups is 1. The maximum atomic E-state index is 11.9. The van der Waals surface area contributed by atoms with Crippen LogP contribution in [-0.4, -0.2) is 17.8 Å². The molecule has 0 atom stereocenters. The third-order valence-corrected chi connectivity index (χ3v) is 4.10. The van der Waals surface area contributed by atoms with Gasteiger partial charge in [0, 0.05) is 11.3 Å². The number of carbonyl (C=O) groups excluding carboxylic acids is 1. The van der Waals surface area contributed by atoms with Gasteiger partial charge in [-0.25, -0.2) is 4.79 Å². The van der Waals surface area contributed by atoms with Crippen LogP contribution in [0.1, 0.15) is 50.3 Å². The highest BCUT2D eigenvalue weighted by molar-refractivity contribution is 5.85. The van der Waals surface area contributed by atoms with Crippen LogP contribution in [0.15, 0.2) is 30.3 Å². The maximum Gasteiger partial charge on any atom is 0.411 e. The molecule has 2 aromatic carbocycles. The number of phenolic OH excluding ortho intramolecular Hbond substituents is 1. The second-order valence-electron chi connectivity index (χ2n) is 7.53. The van der Waals surface area contributed by atoms with Crippen LogP contribution >= 0.6 is 0 Å². The number of carbonyl (C=O) groups is 1. The van der Waals surface area contributed by atoms with E-state index in [-0.39, 0.29) is 17.6 Å². The Balaban J connectivity index is 2.17. The first-order chi connectivity index (χ1) is 12.7. The lowest BCUT2D eigenvalue weighted by atomic mass is 10.0. The summed E-state index contributed by atoms with van der Waals surface area (Å²) in [5.41, 5.74) is 3.30. The van der Waals surface area contributed by atoms with E-state index in [1.54, 1.807) is 12.1 Å². The summed E-state index contributed by atoms with van der Waals surface area (Å²) in [5.74, 6) is 2.15. The van der Waals surface area contributed by atoms with Gasteiger partial charge in [0.05, 0.1) is 6.61 Å². The van der Waals surface area contributed by atoms with Gasteiger partial charge in [-0.3, -0.25) is 5.32 Å². The maximum absolute atomic E-state index is 11.9. The number of benzene rings is 2. The van der Waals surface area contributed by atoms with Gasteiger partial charge in [0.25, 0.3) is 0 Å². The molecule has 2 rings (SSSR count). The molecule has 1 amide bonds. The van der Waals surface area contributed by atoms with E-state index in [1.807, 2.05) is 59.7 Å². The van der Waals surface area contributed by atoms with Crippen LogP contribution in [0.3, 0.4) is 0 Å². The Morgan fingerprint density at radius 2 is 1.70 bits per heavy atom. The molecule has 0 saturated heterocycles. The fourth-order valence-electron chi connectivity index (χ4n) is 2.76. The third kappa shape index (κ3) is 5.64. The van der Waals surface area contributed by atoms with Gasteiger partial charge in [0.1, 0.15) is 17.2 Å². The number of phenols is 1. The zero-order valence-corrected chi connectivity index (χ0v) is 16.9. The van der Waals surface area contributed by atoms with Gasteiger partial charge in [-0.15, -0.1) is 0 Å². The van der Waals surface area contributed by atoms with Gasteiger partial charge >= 0.3 is 6.09 Å². The van der Waals surface area contributed by atoms with Gasteiger partial charge in [-0.1, -0.05) is 27.7 Å². The quantitative estimate of drug-likeness (QED) is 0.641. The van der Waals surface area contributed by atoms with E-state index in [0.29, 0.717) is 18.0 Å². The second-order valence-corrected chi connectivity index (χ2v) is 7.53. The summed E-state index contributed by atoms with van der Waals surface area (Å²) in [6.45, 7) is 12.3. The Morgan fingerprint density at radius 3 is 2.26 bits per heavy atom. The molecule has 0 unspecified atom stereocenters. The smallest absolute Gasteiger partial charge is 0.411 e. The number of nitrogens with one attached hydrogen (secondary N) is 1. The number of aryl methyl sites for hydroxylation is 2. The van der Waals surface area contributed by atoms with Gasteiger partial charge in [-0.05, 0) is 67.1 Å². The highest BCUT2D eigenvalue weighted by Crippen LogP contribution is 2.35. The van der Waals surface area contributed by atoms with Crippen molar-refractivity contribution < 1.29 is 19.4 Å². The second kappa shape index (κ2) is 8.80. The molecule has 2 aromatic rings. The molecular weight excluding hydrogens is 342 g/mol. The van der Waals surface area contributed by atoms with Gasteiger partial charge in [-0.2, -0.15) is 0 Å². The van der Waals surface area contributed by atoms with E-state index in [1.165, 1.54) is 0 Å². The minimum Gasteiger partial charge on any atom is -0.508 e. The Bertz CT molecular complexity index is 789.